The first kappa shape index (κ1) is 14.2. The quantitative estimate of drug-likeness (QED) is 0.642. The van der Waals surface area contributed by atoms with Crippen LogP contribution in [-0.4, -0.2) is 53.9 Å². The van der Waals surface area contributed by atoms with Gasteiger partial charge in [-0.05, 0) is 0 Å². The number of carbonyl (C=O) groups is 2. The van der Waals surface area contributed by atoms with Crippen LogP contribution in [-0.2, 0) is 32.7 Å². The van der Waals surface area contributed by atoms with Crippen LogP contribution in [0.1, 0.15) is 5.56 Å². The molecule has 100 valence electrons. The van der Waals surface area contributed by atoms with Gasteiger partial charge in [-0.15, -0.1) is 0 Å². The molecule has 1 heterocycles. The molecule has 0 spiro atoms. The SMILES string of the molecule is COC(=O)CN(CC(=O)OC)Cc1cnn(C)c1. The zero-order valence-electron chi connectivity index (χ0n) is 10.8. The Morgan fingerprint density at radius 2 is 1.83 bits per heavy atom. The van der Waals surface area contributed by atoms with Gasteiger partial charge in [-0.3, -0.25) is 19.2 Å². The van der Waals surface area contributed by atoms with Gasteiger partial charge in [0.05, 0.1) is 33.5 Å². The van der Waals surface area contributed by atoms with Gasteiger partial charge in [0.15, 0.2) is 0 Å². The molecule has 1 aromatic heterocycles. The number of hydrogen-bond acceptors (Lipinski definition) is 6. The van der Waals surface area contributed by atoms with E-state index in [1.807, 2.05) is 6.20 Å². The van der Waals surface area contributed by atoms with Gasteiger partial charge in [-0.25, -0.2) is 0 Å². The standard InChI is InChI=1S/C11H17N3O4/c1-13-5-9(4-12-13)6-14(7-10(15)17-2)8-11(16)18-3/h4-5H,6-8H2,1-3H3. The fourth-order valence-electron chi connectivity index (χ4n) is 1.47. The van der Waals surface area contributed by atoms with E-state index in [-0.39, 0.29) is 13.1 Å². The van der Waals surface area contributed by atoms with E-state index in [9.17, 15) is 9.59 Å². The van der Waals surface area contributed by atoms with E-state index >= 15 is 0 Å². The van der Waals surface area contributed by atoms with Crippen LogP contribution in [0.4, 0.5) is 0 Å². The molecule has 0 aliphatic heterocycles. The lowest BCUT2D eigenvalue weighted by Gasteiger charge is -2.18. The number of methoxy groups -OCH3 is 2. The first-order valence-corrected chi connectivity index (χ1v) is 5.38. The van der Waals surface area contributed by atoms with E-state index in [0.29, 0.717) is 6.54 Å². The number of aromatic nitrogens is 2. The summed E-state index contributed by atoms with van der Waals surface area (Å²) < 4.78 is 10.8. The zero-order valence-corrected chi connectivity index (χ0v) is 10.8. The van der Waals surface area contributed by atoms with Crippen molar-refractivity contribution in [2.75, 3.05) is 27.3 Å². The second kappa shape index (κ2) is 6.75. The Hall–Kier alpha value is -1.89. The minimum atomic E-state index is -0.400. The molecule has 7 nitrogen and oxygen atoms in total. The van der Waals surface area contributed by atoms with Gasteiger partial charge in [0.25, 0.3) is 0 Å². The Morgan fingerprint density at radius 1 is 1.28 bits per heavy atom. The van der Waals surface area contributed by atoms with E-state index in [0.717, 1.165) is 5.56 Å². The van der Waals surface area contributed by atoms with Gasteiger partial charge in [0, 0.05) is 25.4 Å². The van der Waals surface area contributed by atoms with E-state index < -0.39 is 11.9 Å². The van der Waals surface area contributed by atoms with Crippen LogP contribution < -0.4 is 0 Å². The predicted octanol–water partition coefficient (Wildman–Crippen LogP) is -0.432. The summed E-state index contributed by atoms with van der Waals surface area (Å²) in [5.41, 5.74) is 0.908. The molecule has 0 saturated heterocycles. The highest BCUT2D eigenvalue weighted by atomic mass is 16.5. The summed E-state index contributed by atoms with van der Waals surface area (Å²) in [7, 11) is 4.42. The molecule has 0 unspecified atom stereocenters. The largest absolute Gasteiger partial charge is 0.468 e. The van der Waals surface area contributed by atoms with Crippen LogP contribution in [0.25, 0.3) is 0 Å². The third-order valence-corrected chi connectivity index (χ3v) is 2.33. The van der Waals surface area contributed by atoms with Crippen LogP contribution in [0.5, 0.6) is 0 Å². The number of aryl methyl sites for hydroxylation is 1. The molecule has 0 radical (unpaired) electrons. The maximum absolute atomic E-state index is 11.3. The number of rotatable bonds is 6. The average Bonchev–Trinajstić information content (AvgIpc) is 2.74. The summed E-state index contributed by atoms with van der Waals surface area (Å²) >= 11 is 0. The summed E-state index contributed by atoms with van der Waals surface area (Å²) in [5.74, 6) is -0.800. The normalized spacial score (nSPS) is 10.4. The van der Waals surface area contributed by atoms with Gasteiger partial charge in [0.1, 0.15) is 0 Å². The van der Waals surface area contributed by atoms with Gasteiger partial charge in [0.2, 0.25) is 0 Å². The molecular weight excluding hydrogens is 238 g/mol. The first-order chi connectivity index (χ1) is 8.55. The molecule has 0 aliphatic rings. The maximum atomic E-state index is 11.3. The number of hydrogen-bond donors (Lipinski definition) is 0. The van der Waals surface area contributed by atoms with Gasteiger partial charge in [-0.1, -0.05) is 0 Å². The van der Waals surface area contributed by atoms with E-state index in [2.05, 4.69) is 14.6 Å². The summed E-state index contributed by atoms with van der Waals surface area (Å²) in [6.07, 6.45) is 3.50. The van der Waals surface area contributed by atoms with Crippen molar-refractivity contribution in [1.82, 2.24) is 14.7 Å². The Kier molecular flexibility index (Phi) is 5.31. The molecule has 0 aliphatic carbocycles. The third-order valence-electron chi connectivity index (χ3n) is 2.33. The highest BCUT2D eigenvalue weighted by Gasteiger charge is 2.16. The van der Waals surface area contributed by atoms with Crippen LogP contribution in [0.2, 0.25) is 0 Å². The second-order valence-corrected chi connectivity index (χ2v) is 3.82. The Bertz CT molecular complexity index is 398. The van der Waals surface area contributed by atoms with Crippen LogP contribution in [0.15, 0.2) is 12.4 Å². The van der Waals surface area contributed by atoms with Crippen molar-refractivity contribution in [3.63, 3.8) is 0 Å². The molecular formula is C11H17N3O4. The molecule has 0 bridgehead atoms. The molecule has 0 N–H and O–H groups in total. The van der Waals surface area contributed by atoms with Crippen molar-refractivity contribution < 1.29 is 19.1 Å². The highest BCUT2D eigenvalue weighted by Crippen LogP contribution is 2.03. The fraction of sp³-hybridized carbons (Fsp3) is 0.545. The molecule has 18 heavy (non-hydrogen) atoms. The molecule has 0 amide bonds. The number of ether oxygens (including phenoxy) is 2. The first-order valence-electron chi connectivity index (χ1n) is 5.38. The average molecular weight is 255 g/mol. The van der Waals surface area contributed by atoms with Gasteiger partial charge < -0.3 is 9.47 Å². The van der Waals surface area contributed by atoms with Crippen molar-refractivity contribution >= 4 is 11.9 Å². The minimum absolute atomic E-state index is 0.0283. The summed E-state index contributed by atoms with van der Waals surface area (Å²) in [5, 5.41) is 4.03. The maximum Gasteiger partial charge on any atom is 0.319 e. The topological polar surface area (TPSA) is 73.7 Å². The Labute approximate surface area is 105 Å². The minimum Gasteiger partial charge on any atom is -0.468 e. The van der Waals surface area contributed by atoms with Crippen molar-refractivity contribution in [2.45, 2.75) is 6.54 Å². The Morgan fingerprint density at radius 3 is 2.22 bits per heavy atom. The van der Waals surface area contributed by atoms with Gasteiger partial charge in [-0.2, -0.15) is 5.10 Å². The second-order valence-electron chi connectivity index (χ2n) is 3.82. The summed E-state index contributed by atoms with van der Waals surface area (Å²) in [6, 6.07) is 0. The van der Waals surface area contributed by atoms with Crippen LogP contribution in [0.3, 0.4) is 0 Å². The number of carbonyl (C=O) groups excluding carboxylic acids is 2. The van der Waals surface area contributed by atoms with Crippen molar-refractivity contribution in [3.05, 3.63) is 18.0 Å². The lowest BCUT2D eigenvalue weighted by molar-refractivity contribution is -0.145. The highest BCUT2D eigenvalue weighted by molar-refractivity contribution is 5.74. The Balaban J connectivity index is 2.64. The van der Waals surface area contributed by atoms with E-state index in [4.69, 9.17) is 0 Å². The monoisotopic (exact) mass is 255 g/mol. The molecule has 0 saturated carbocycles. The molecule has 0 aromatic carbocycles. The zero-order chi connectivity index (χ0) is 13.5. The van der Waals surface area contributed by atoms with E-state index in [1.165, 1.54) is 14.2 Å². The smallest absolute Gasteiger partial charge is 0.319 e. The molecule has 7 heteroatoms. The third kappa shape index (κ3) is 4.54. The molecule has 1 aromatic rings. The van der Waals surface area contributed by atoms with Crippen molar-refractivity contribution in [2.24, 2.45) is 7.05 Å². The molecule has 0 fully saturated rings. The van der Waals surface area contributed by atoms with Crippen LogP contribution in [0, 0.1) is 0 Å². The fourth-order valence-corrected chi connectivity index (χ4v) is 1.47. The summed E-state index contributed by atoms with van der Waals surface area (Å²) in [6.45, 7) is 0.485. The number of esters is 2. The molecule has 1 rings (SSSR count). The number of nitrogens with zero attached hydrogens (tertiary/aromatic N) is 3. The van der Waals surface area contributed by atoms with Gasteiger partial charge >= 0.3 is 11.9 Å². The van der Waals surface area contributed by atoms with Crippen molar-refractivity contribution in [1.29, 1.82) is 0 Å². The van der Waals surface area contributed by atoms with Crippen LogP contribution >= 0.6 is 0 Å². The summed E-state index contributed by atoms with van der Waals surface area (Å²) in [4.78, 5) is 24.1. The van der Waals surface area contributed by atoms with Crippen molar-refractivity contribution in [3.8, 4) is 0 Å². The lowest BCUT2D eigenvalue weighted by atomic mass is 10.3. The molecule has 0 atom stereocenters. The van der Waals surface area contributed by atoms with E-state index in [1.54, 1.807) is 22.8 Å². The lowest BCUT2D eigenvalue weighted by Crippen LogP contribution is -2.35. The predicted molar refractivity (Wildman–Crippen MR) is 62.5 cm³/mol.